The molecule has 5 amide bonds. The number of aliphatic carboxylic acids is 1. The SMILES string of the molecule is CC(C)C[C@H](NC(=O)[C@@H]1CCCN1C(=O)[C@@H](N)CCCCN)C(=O)N[C@H](C(=O)N[C@@H](Cc1c[nH]c2ccccc12)C(=O)N[C@H](C(=O)O)C(C)C)C(C)C. The van der Waals surface area contributed by atoms with Gasteiger partial charge in [-0.1, -0.05) is 66.2 Å². The summed E-state index contributed by atoms with van der Waals surface area (Å²) in [6.07, 6.45) is 5.00. The number of carbonyl (C=O) groups excluding carboxylic acids is 5. The molecule has 1 aliphatic rings. The molecule has 10 N–H and O–H groups in total. The van der Waals surface area contributed by atoms with E-state index in [0.29, 0.717) is 38.8 Å². The lowest BCUT2D eigenvalue weighted by molar-refractivity contribution is -0.143. The predicted molar refractivity (Wildman–Crippen MR) is 202 cm³/mol. The van der Waals surface area contributed by atoms with Crippen molar-refractivity contribution in [3.63, 3.8) is 0 Å². The van der Waals surface area contributed by atoms with Gasteiger partial charge in [-0.15, -0.1) is 0 Å². The second-order valence-corrected chi connectivity index (χ2v) is 15.2. The van der Waals surface area contributed by atoms with Gasteiger partial charge in [0.05, 0.1) is 6.04 Å². The summed E-state index contributed by atoms with van der Waals surface area (Å²) in [6, 6.07) is 1.45. The molecule has 294 valence electrons. The first kappa shape index (κ1) is 42.9. The van der Waals surface area contributed by atoms with Gasteiger partial charge in [0, 0.05) is 30.1 Å². The van der Waals surface area contributed by atoms with Gasteiger partial charge < -0.3 is 47.7 Å². The Morgan fingerprint density at radius 2 is 1.51 bits per heavy atom. The van der Waals surface area contributed by atoms with Crippen LogP contribution in [0.1, 0.15) is 85.6 Å². The highest BCUT2D eigenvalue weighted by Crippen LogP contribution is 2.22. The number of aromatic amines is 1. The van der Waals surface area contributed by atoms with E-state index in [4.69, 9.17) is 11.5 Å². The van der Waals surface area contributed by atoms with Crippen LogP contribution in [-0.4, -0.2) is 99.8 Å². The third kappa shape index (κ3) is 12.0. The zero-order valence-electron chi connectivity index (χ0n) is 31.9. The number of hydrogen-bond donors (Lipinski definition) is 8. The van der Waals surface area contributed by atoms with Gasteiger partial charge in [0.15, 0.2) is 0 Å². The molecule has 1 aromatic carbocycles. The summed E-state index contributed by atoms with van der Waals surface area (Å²) in [7, 11) is 0. The van der Waals surface area contributed by atoms with Crippen LogP contribution in [0.4, 0.5) is 0 Å². The Morgan fingerprint density at radius 3 is 2.13 bits per heavy atom. The fraction of sp³-hybridized carbons (Fsp3) is 0.632. The van der Waals surface area contributed by atoms with Crippen molar-refractivity contribution < 1.29 is 33.9 Å². The molecule has 0 spiro atoms. The molecular weight excluding hydrogens is 680 g/mol. The molecule has 0 bridgehead atoms. The fourth-order valence-electron chi connectivity index (χ4n) is 6.67. The van der Waals surface area contributed by atoms with Crippen LogP contribution in [0.15, 0.2) is 30.5 Å². The second kappa shape index (κ2) is 20.1. The molecule has 6 atom stereocenters. The first-order chi connectivity index (χ1) is 25.0. The Labute approximate surface area is 312 Å². The molecule has 1 aromatic heterocycles. The molecule has 0 aliphatic carbocycles. The normalized spacial score (nSPS) is 17.3. The summed E-state index contributed by atoms with van der Waals surface area (Å²) in [4.78, 5) is 84.9. The quantitative estimate of drug-likeness (QED) is 0.0917. The lowest BCUT2D eigenvalue weighted by Crippen LogP contribution is -2.60. The molecule has 0 saturated carbocycles. The predicted octanol–water partition coefficient (Wildman–Crippen LogP) is 1.54. The van der Waals surface area contributed by atoms with Crippen molar-refractivity contribution in [1.29, 1.82) is 0 Å². The molecule has 0 unspecified atom stereocenters. The molecule has 53 heavy (non-hydrogen) atoms. The Morgan fingerprint density at radius 1 is 0.868 bits per heavy atom. The van der Waals surface area contributed by atoms with Crippen molar-refractivity contribution in [3.05, 3.63) is 36.0 Å². The monoisotopic (exact) mass is 740 g/mol. The van der Waals surface area contributed by atoms with E-state index in [1.54, 1.807) is 33.9 Å². The lowest BCUT2D eigenvalue weighted by Gasteiger charge is -2.30. The number of rotatable bonds is 20. The van der Waals surface area contributed by atoms with Crippen LogP contribution < -0.4 is 32.7 Å². The van der Waals surface area contributed by atoms with Gasteiger partial charge >= 0.3 is 5.97 Å². The van der Waals surface area contributed by atoms with E-state index in [0.717, 1.165) is 22.9 Å². The molecule has 2 heterocycles. The number of amides is 5. The van der Waals surface area contributed by atoms with Crippen molar-refractivity contribution in [2.24, 2.45) is 29.2 Å². The number of carboxylic acids is 1. The zero-order chi connectivity index (χ0) is 39.4. The summed E-state index contributed by atoms with van der Waals surface area (Å²) >= 11 is 0. The van der Waals surface area contributed by atoms with Crippen molar-refractivity contribution in [1.82, 2.24) is 31.2 Å². The van der Waals surface area contributed by atoms with Gasteiger partial charge in [-0.3, -0.25) is 24.0 Å². The molecule has 3 rings (SSSR count). The van der Waals surface area contributed by atoms with Crippen molar-refractivity contribution >= 4 is 46.4 Å². The first-order valence-electron chi connectivity index (χ1n) is 18.8. The maximum absolute atomic E-state index is 14.0. The average molecular weight is 741 g/mol. The minimum atomic E-state index is -1.20. The van der Waals surface area contributed by atoms with Crippen LogP contribution >= 0.6 is 0 Å². The van der Waals surface area contributed by atoms with E-state index in [-0.39, 0.29) is 24.7 Å². The fourth-order valence-corrected chi connectivity index (χ4v) is 6.67. The summed E-state index contributed by atoms with van der Waals surface area (Å²) < 4.78 is 0. The maximum Gasteiger partial charge on any atom is 0.326 e. The molecule has 2 aromatic rings. The number of carbonyl (C=O) groups is 6. The van der Waals surface area contributed by atoms with Crippen LogP contribution in [0, 0.1) is 17.8 Å². The standard InChI is InChI=1S/C38H60N8O7/c1-21(2)18-28(42-35(49)30-15-11-17-46(30)37(51)26(40)13-9-10-16-39)33(47)44-31(22(3)4)36(50)43-29(34(48)45-32(23(5)6)38(52)53)19-24-20-41-27-14-8-7-12-25(24)27/h7-8,12,14,20-23,26,28-32,41H,9-11,13,15-19,39-40H2,1-6H3,(H,42,49)(H,43,50)(H,44,47)(H,45,48)(H,52,53)/t26-,28-,29-,30-,31-,32-/m0/s1. The highest BCUT2D eigenvalue weighted by Gasteiger charge is 2.39. The number of hydrogen-bond acceptors (Lipinski definition) is 8. The summed E-state index contributed by atoms with van der Waals surface area (Å²) in [5, 5.41) is 21.6. The maximum atomic E-state index is 14.0. The number of carboxylic acid groups (broad SMARTS) is 1. The van der Waals surface area contributed by atoms with E-state index >= 15 is 0 Å². The van der Waals surface area contributed by atoms with E-state index < -0.39 is 77.7 Å². The van der Waals surface area contributed by atoms with Crippen molar-refractivity contribution in [2.75, 3.05) is 13.1 Å². The minimum absolute atomic E-state index is 0.0120. The Hall–Kier alpha value is -4.50. The van der Waals surface area contributed by atoms with Gasteiger partial charge in [-0.2, -0.15) is 0 Å². The molecule has 15 nitrogen and oxygen atoms in total. The van der Waals surface area contributed by atoms with Gasteiger partial charge in [-0.05, 0) is 68.0 Å². The highest BCUT2D eigenvalue weighted by molar-refractivity contribution is 5.97. The molecular formula is C38H60N8O7. The number of para-hydroxylation sites is 1. The van der Waals surface area contributed by atoms with Gasteiger partial charge in [0.2, 0.25) is 29.5 Å². The number of benzene rings is 1. The van der Waals surface area contributed by atoms with E-state index in [1.165, 1.54) is 4.90 Å². The highest BCUT2D eigenvalue weighted by atomic mass is 16.4. The molecule has 0 radical (unpaired) electrons. The third-order valence-electron chi connectivity index (χ3n) is 9.67. The lowest BCUT2D eigenvalue weighted by atomic mass is 9.98. The van der Waals surface area contributed by atoms with Crippen LogP contribution in [0.5, 0.6) is 0 Å². The molecule has 1 saturated heterocycles. The van der Waals surface area contributed by atoms with E-state index in [9.17, 15) is 33.9 Å². The van der Waals surface area contributed by atoms with Crippen molar-refractivity contribution in [3.8, 4) is 0 Å². The van der Waals surface area contributed by atoms with Crippen LogP contribution in [0.2, 0.25) is 0 Å². The largest absolute Gasteiger partial charge is 0.480 e. The van der Waals surface area contributed by atoms with Gasteiger partial charge in [0.1, 0.15) is 30.2 Å². The van der Waals surface area contributed by atoms with Gasteiger partial charge in [0.25, 0.3) is 0 Å². The number of fused-ring (bicyclic) bond motifs is 1. The van der Waals surface area contributed by atoms with E-state index in [2.05, 4.69) is 26.3 Å². The first-order valence-corrected chi connectivity index (χ1v) is 18.8. The Balaban J connectivity index is 1.80. The van der Waals surface area contributed by atoms with E-state index in [1.807, 2.05) is 38.1 Å². The third-order valence-corrected chi connectivity index (χ3v) is 9.67. The zero-order valence-corrected chi connectivity index (χ0v) is 31.9. The summed E-state index contributed by atoms with van der Waals surface area (Å²) in [5.41, 5.74) is 13.3. The van der Waals surface area contributed by atoms with Crippen molar-refractivity contribution in [2.45, 2.75) is 123 Å². The minimum Gasteiger partial charge on any atom is -0.480 e. The van der Waals surface area contributed by atoms with Crippen LogP contribution in [-0.2, 0) is 35.2 Å². The Bertz CT molecular complexity index is 1570. The topological polar surface area (TPSA) is 242 Å². The number of nitrogens with two attached hydrogens (primary N) is 2. The molecule has 15 heteroatoms. The number of H-pyrrole nitrogens is 1. The average Bonchev–Trinajstić information content (AvgIpc) is 3.75. The smallest absolute Gasteiger partial charge is 0.326 e. The van der Waals surface area contributed by atoms with Gasteiger partial charge in [-0.25, -0.2) is 4.79 Å². The second-order valence-electron chi connectivity index (χ2n) is 15.2. The Kier molecular flexibility index (Phi) is 16.3. The number of nitrogens with zero attached hydrogens (tertiary/aromatic N) is 1. The van der Waals surface area contributed by atoms with Crippen LogP contribution in [0.3, 0.4) is 0 Å². The summed E-state index contributed by atoms with van der Waals surface area (Å²) in [5.74, 6) is -4.76. The molecule has 1 aliphatic heterocycles. The van der Waals surface area contributed by atoms with Crippen LogP contribution in [0.25, 0.3) is 10.9 Å². The number of nitrogens with one attached hydrogen (secondary N) is 5. The number of likely N-dealkylation sites (tertiary alicyclic amines) is 1. The number of unbranched alkanes of at least 4 members (excludes halogenated alkanes) is 1. The summed E-state index contributed by atoms with van der Waals surface area (Å²) in [6.45, 7) is 11.5. The molecule has 1 fully saturated rings. The number of aromatic nitrogens is 1.